The zero-order valence-electron chi connectivity index (χ0n) is 10.2. The largest absolute Gasteiger partial charge is 0.345 e. The molecule has 0 spiro atoms. The second-order valence-electron chi connectivity index (χ2n) is 3.90. The SMILES string of the molecule is Cc1csc(CNC(=O)c2cc(Cl)ccc2NN)n1. The number of amides is 1. The number of aromatic nitrogens is 1. The molecular formula is C12H13ClN4OS. The zero-order chi connectivity index (χ0) is 13.8. The van der Waals surface area contributed by atoms with Crippen LogP contribution in [0.3, 0.4) is 0 Å². The van der Waals surface area contributed by atoms with Crippen LogP contribution >= 0.6 is 22.9 Å². The monoisotopic (exact) mass is 296 g/mol. The van der Waals surface area contributed by atoms with Crippen molar-refractivity contribution in [3.8, 4) is 0 Å². The molecule has 1 aromatic heterocycles. The van der Waals surface area contributed by atoms with Gasteiger partial charge < -0.3 is 10.7 Å². The van der Waals surface area contributed by atoms with E-state index < -0.39 is 0 Å². The average molecular weight is 297 g/mol. The van der Waals surface area contributed by atoms with E-state index in [0.29, 0.717) is 22.8 Å². The smallest absolute Gasteiger partial charge is 0.253 e. The van der Waals surface area contributed by atoms with Crippen molar-refractivity contribution in [1.29, 1.82) is 0 Å². The predicted molar refractivity (Wildman–Crippen MR) is 77.3 cm³/mol. The van der Waals surface area contributed by atoms with Gasteiger partial charge in [-0.3, -0.25) is 10.6 Å². The van der Waals surface area contributed by atoms with Crippen LogP contribution in [0.5, 0.6) is 0 Å². The van der Waals surface area contributed by atoms with Gasteiger partial charge in [-0.25, -0.2) is 4.98 Å². The number of carbonyl (C=O) groups excluding carboxylic acids is 1. The van der Waals surface area contributed by atoms with Gasteiger partial charge in [-0.2, -0.15) is 0 Å². The van der Waals surface area contributed by atoms with Crippen LogP contribution in [0.1, 0.15) is 21.1 Å². The number of nitrogens with zero attached hydrogens (tertiary/aromatic N) is 1. The Labute approximate surface area is 119 Å². The summed E-state index contributed by atoms with van der Waals surface area (Å²) in [5.41, 5.74) is 4.35. The van der Waals surface area contributed by atoms with Crippen molar-refractivity contribution in [1.82, 2.24) is 10.3 Å². The maximum absolute atomic E-state index is 12.1. The fourth-order valence-corrected chi connectivity index (χ4v) is 2.45. The van der Waals surface area contributed by atoms with E-state index in [0.717, 1.165) is 10.7 Å². The van der Waals surface area contributed by atoms with Gasteiger partial charge in [0.1, 0.15) is 5.01 Å². The van der Waals surface area contributed by atoms with Gasteiger partial charge in [-0.05, 0) is 25.1 Å². The van der Waals surface area contributed by atoms with Crippen LogP contribution in [0.25, 0.3) is 0 Å². The summed E-state index contributed by atoms with van der Waals surface area (Å²) < 4.78 is 0. The Bertz CT molecular complexity index is 599. The molecule has 0 aliphatic rings. The molecule has 19 heavy (non-hydrogen) atoms. The molecule has 100 valence electrons. The maximum atomic E-state index is 12.1. The standard InChI is InChI=1S/C12H13ClN4OS/c1-7-6-19-11(16-7)5-15-12(18)9-4-8(13)2-3-10(9)17-14/h2-4,6,17H,5,14H2,1H3,(H,15,18). The van der Waals surface area contributed by atoms with Gasteiger partial charge in [0.25, 0.3) is 5.91 Å². The summed E-state index contributed by atoms with van der Waals surface area (Å²) in [5, 5.41) is 6.06. The van der Waals surface area contributed by atoms with Crippen LogP contribution in [-0.2, 0) is 6.54 Å². The van der Waals surface area contributed by atoms with Crippen molar-refractivity contribution in [2.75, 3.05) is 5.43 Å². The summed E-state index contributed by atoms with van der Waals surface area (Å²) in [6.45, 7) is 2.29. The highest BCUT2D eigenvalue weighted by Gasteiger charge is 2.12. The molecule has 5 nitrogen and oxygen atoms in total. The number of carbonyl (C=O) groups is 1. The molecule has 0 atom stereocenters. The number of nitrogens with two attached hydrogens (primary N) is 1. The third kappa shape index (κ3) is 3.44. The molecule has 0 radical (unpaired) electrons. The number of hydrogen-bond donors (Lipinski definition) is 3. The lowest BCUT2D eigenvalue weighted by molar-refractivity contribution is 0.0951. The summed E-state index contributed by atoms with van der Waals surface area (Å²) in [6.07, 6.45) is 0. The molecule has 0 fully saturated rings. The van der Waals surface area contributed by atoms with E-state index >= 15 is 0 Å². The van der Waals surface area contributed by atoms with E-state index in [1.54, 1.807) is 18.2 Å². The Balaban J connectivity index is 2.09. The quantitative estimate of drug-likeness (QED) is 0.597. The number of nitrogen functional groups attached to an aromatic ring is 1. The predicted octanol–water partition coefficient (Wildman–Crippen LogP) is 2.32. The van der Waals surface area contributed by atoms with Gasteiger partial charge >= 0.3 is 0 Å². The third-order valence-electron chi connectivity index (χ3n) is 2.45. The molecule has 2 rings (SSSR count). The van der Waals surface area contributed by atoms with Crippen LogP contribution in [-0.4, -0.2) is 10.9 Å². The highest BCUT2D eigenvalue weighted by atomic mass is 35.5. The summed E-state index contributed by atoms with van der Waals surface area (Å²) in [5.74, 6) is 5.12. The summed E-state index contributed by atoms with van der Waals surface area (Å²) >= 11 is 7.39. The third-order valence-corrected chi connectivity index (χ3v) is 3.65. The van der Waals surface area contributed by atoms with E-state index in [2.05, 4.69) is 15.7 Å². The Morgan fingerprint density at radius 1 is 1.53 bits per heavy atom. The first-order valence-electron chi connectivity index (χ1n) is 5.55. The number of halogens is 1. The first kappa shape index (κ1) is 13.8. The number of hydrogen-bond acceptors (Lipinski definition) is 5. The molecule has 0 unspecified atom stereocenters. The molecule has 0 aliphatic heterocycles. The molecule has 1 aromatic carbocycles. The Morgan fingerprint density at radius 3 is 2.95 bits per heavy atom. The van der Waals surface area contributed by atoms with Gasteiger partial charge in [0.15, 0.2) is 0 Å². The molecular weight excluding hydrogens is 284 g/mol. The van der Waals surface area contributed by atoms with Crippen LogP contribution in [0.15, 0.2) is 23.6 Å². The molecule has 2 aromatic rings. The van der Waals surface area contributed by atoms with Crippen molar-refractivity contribution < 1.29 is 4.79 Å². The Morgan fingerprint density at radius 2 is 2.32 bits per heavy atom. The molecule has 0 bridgehead atoms. The zero-order valence-corrected chi connectivity index (χ0v) is 11.8. The van der Waals surface area contributed by atoms with E-state index in [9.17, 15) is 4.79 Å². The summed E-state index contributed by atoms with van der Waals surface area (Å²) in [6, 6.07) is 4.89. The number of anilines is 1. The highest BCUT2D eigenvalue weighted by Crippen LogP contribution is 2.20. The van der Waals surface area contributed by atoms with Crippen molar-refractivity contribution in [3.63, 3.8) is 0 Å². The van der Waals surface area contributed by atoms with Crippen LogP contribution in [0.4, 0.5) is 5.69 Å². The molecule has 1 heterocycles. The van der Waals surface area contributed by atoms with Crippen molar-refractivity contribution >= 4 is 34.5 Å². The average Bonchev–Trinajstić information content (AvgIpc) is 2.81. The lowest BCUT2D eigenvalue weighted by Crippen LogP contribution is -2.24. The highest BCUT2D eigenvalue weighted by molar-refractivity contribution is 7.09. The van der Waals surface area contributed by atoms with Gasteiger partial charge in [-0.15, -0.1) is 11.3 Å². The summed E-state index contributed by atoms with van der Waals surface area (Å²) in [4.78, 5) is 16.3. The van der Waals surface area contributed by atoms with Gasteiger partial charge in [0, 0.05) is 16.1 Å². The lowest BCUT2D eigenvalue weighted by atomic mass is 10.1. The van der Waals surface area contributed by atoms with Gasteiger partial charge in [-0.1, -0.05) is 11.6 Å². The molecule has 4 N–H and O–H groups in total. The van der Waals surface area contributed by atoms with E-state index in [-0.39, 0.29) is 5.91 Å². The van der Waals surface area contributed by atoms with Crippen molar-refractivity contribution in [2.24, 2.45) is 5.84 Å². The van der Waals surface area contributed by atoms with E-state index in [1.807, 2.05) is 12.3 Å². The van der Waals surface area contributed by atoms with Crippen LogP contribution in [0, 0.1) is 6.92 Å². The minimum atomic E-state index is -0.247. The van der Waals surface area contributed by atoms with Crippen LogP contribution in [0.2, 0.25) is 5.02 Å². The van der Waals surface area contributed by atoms with Gasteiger partial charge in [0.2, 0.25) is 0 Å². The number of hydrazine groups is 1. The fourth-order valence-electron chi connectivity index (χ4n) is 1.57. The molecule has 7 heteroatoms. The van der Waals surface area contributed by atoms with E-state index in [4.69, 9.17) is 17.4 Å². The Hall–Kier alpha value is -1.63. The topological polar surface area (TPSA) is 80.0 Å². The number of rotatable bonds is 4. The summed E-state index contributed by atoms with van der Waals surface area (Å²) in [7, 11) is 0. The number of benzene rings is 1. The maximum Gasteiger partial charge on any atom is 0.253 e. The second-order valence-corrected chi connectivity index (χ2v) is 5.28. The Kier molecular flexibility index (Phi) is 4.36. The van der Waals surface area contributed by atoms with Gasteiger partial charge in [0.05, 0.1) is 17.8 Å². The van der Waals surface area contributed by atoms with E-state index in [1.165, 1.54) is 11.3 Å². The second kappa shape index (κ2) is 6.01. The molecule has 1 amide bonds. The minimum Gasteiger partial charge on any atom is -0.345 e. The van der Waals surface area contributed by atoms with Crippen molar-refractivity contribution in [2.45, 2.75) is 13.5 Å². The first-order chi connectivity index (χ1) is 9.10. The molecule has 0 saturated heterocycles. The normalized spacial score (nSPS) is 10.3. The first-order valence-corrected chi connectivity index (χ1v) is 6.81. The number of thiazole rings is 1. The van der Waals surface area contributed by atoms with Crippen LogP contribution < -0.4 is 16.6 Å². The molecule has 0 saturated carbocycles. The number of aryl methyl sites for hydroxylation is 1. The van der Waals surface area contributed by atoms with Crippen molar-refractivity contribution in [3.05, 3.63) is 44.9 Å². The minimum absolute atomic E-state index is 0.247. The molecule has 0 aliphatic carbocycles. The lowest BCUT2D eigenvalue weighted by Gasteiger charge is -2.09. The fraction of sp³-hybridized carbons (Fsp3) is 0.167. The number of nitrogens with one attached hydrogen (secondary N) is 2.